The number of nitrogens with zero attached hydrogens (tertiary/aromatic N) is 2. The average Bonchev–Trinajstić information content (AvgIpc) is 2.57. The molecule has 1 aliphatic heterocycles. The number of hydrogen-bond donors (Lipinski definition) is 2. The normalized spacial score (nSPS) is 32.9. The highest BCUT2D eigenvalue weighted by molar-refractivity contribution is 6.21. The van der Waals surface area contributed by atoms with Gasteiger partial charge in [0.2, 0.25) is 0 Å². The van der Waals surface area contributed by atoms with Crippen LogP contribution in [0.2, 0.25) is 0 Å². The van der Waals surface area contributed by atoms with Gasteiger partial charge in [0.1, 0.15) is 17.3 Å². The summed E-state index contributed by atoms with van der Waals surface area (Å²) >= 11 is 6.05. The monoisotopic (exact) mass is 259 g/mol. The maximum atomic E-state index is 11.6. The molecule has 3 N–H and O–H groups in total. The van der Waals surface area contributed by atoms with Gasteiger partial charge in [-0.25, -0.2) is 4.79 Å². The van der Waals surface area contributed by atoms with Gasteiger partial charge in [-0.05, 0) is 12.5 Å². The Hall–Kier alpha value is -1.11. The van der Waals surface area contributed by atoms with Gasteiger partial charge in [-0.15, -0.1) is 11.6 Å². The summed E-state index contributed by atoms with van der Waals surface area (Å²) in [6, 6.07) is 1.49. The Bertz CT molecular complexity index is 464. The summed E-state index contributed by atoms with van der Waals surface area (Å²) < 4.78 is 6.79. The summed E-state index contributed by atoms with van der Waals surface area (Å²) in [5.74, 6) is 0.142. The third-order valence-corrected chi connectivity index (χ3v) is 3.30. The van der Waals surface area contributed by atoms with Crippen LogP contribution in [0.4, 0.5) is 5.82 Å². The fourth-order valence-electron chi connectivity index (χ4n) is 1.88. The molecule has 0 aliphatic carbocycles. The van der Waals surface area contributed by atoms with Crippen molar-refractivity contribution in [2.75, 3.05) is 5.73 Å². The number of alkyl halides is 1. The van der Waals surface area contributed by atoms with Crippen molar-refractivity contribution in [3.05, 3.63) is 22.7 Å². The third-order valence-electron chi connectivity index (χ3n) is 2.82. The molecule has 6 nitrogen and oxygen atoms in total. The summed E-state index contributed by atoms with van der Waals surface area (Å²) in [6.45, 7) is 1.88. The molecule has 1 fully saturated rings. The molecule has 0 bridgehead atoms. The van der Waals surface area contributed by atoms with Crippen molar-refractivity contribution in [3.8, 4) is 0 Å². The SMILES string of the molecule is CC[C@@H]1O[C@H](n2ccc(N)nc2=O)[C@H](Cl)[C@@H]1O. The van der Waals surface area contributed by atoms with Crippen LogP contribution >= 0.6 is 11.6 Å². The Labute approximate surface area is 103 Å². The lowest BCUT2D eigenvalue weighted by molar-refractivity contribution is -0.0214. The van der Waals surface area contributed by atoms with Crippen molar-refractivity contribution in [1.29, 1.82) is 0 Å². The topological polar surface area (TPSA) is 90.4 Å². The van der Waals surface area contributed by atoms with Gasteiger partial charge in [0, 0.05) is 6.20 Å². The van der Waals surface area contributed by atoms with E-state index in [4.69, 9.17) is 22.1 Å². The minimum atomic E-state index is -0.795. The molecule has 2 heterocycles. The van der Waals surface area contributed by atoms with E-state index in [1.54, 1.807) is 0 Å². The molecule has 0 aromatic carbocycles. The van der Waals surface area contributed by atoms with E-state index in [0.29, 0.717) is 6.42 Å². The van der Waals surface area contributed by atoms with Crippen LogP contribution in [-0.4, -0.2) is 32.2 Å². The number of rotatable bonds is 2. The van der Waals surface area contributed by atoms with Gasteiger partial charge in [0.05, 0.1) is 6.10 Å². The van der Waals surface area contributed by atoms with Crippen LogP contribution in [0.15, 0.2) is 17.1 Å². The number of halogens is 1. The number of ether oxygens (including phenoxy) is 1. The van der Waals surface area contributed by atoms with Crippen LogP contribution in [0, 0.1) is 0 Å². The number of aromatic nitrogens is 2. The van der Waals surface area contributed by atoms with Crippen molar-refractivity contribution in [1.82, 2.24) is 9.55 Å². The molecule has 0 amide bonds. The van der Waals surface area contributed by atoms with Gasteiger partial charge in [-0.2, -0.15) is 4.98 Å². The molecule has 0 unspecified atom stereocenters. The van der Waals surface area contributed by atoms with Crippen molar-refractivity contribution in [3.63, 3.8) is 0 Å². The van der Waals surface area contributed by atoms with Crippen molar-refractivity contribution in [2.45, 2.75) is 37.2 Å². The van der Waals surface area contributed by atoms with E-state index in [1.165, 1.54) is 16.8 Å². The number of aliphatic hydroxyl groups excluding tert-OH is 1. The third kappa shape index (κ3) is 2.15. The van der Waals surface area contributed by atoms with Gasteiger partial charge in [0.25, 0.3) is 0 Å². The molecular weight excluding hydrogens is 246 g/mol. The fourth-order valence-corrected chi connectivity index (χ4v) is 2.23. The fraction of sp³-hybridized carbons (Fsp3) is 0.600. The molecule has 1 aromatic rings. The highest BCUT2D eigenvalue weighted by Gasteiger charge is 2.43. The van der Waals surface area contributed by atoms with Crippen LogP contribution in [0.25, 0.3) is 0 Å². The number of hydrogen-bond acceptors (Lipinski definition) is 5. The van der Waals surface area contributed by atoms with Crippen LogP contribution in [0.1, 0.15) is 19.6 Å². The second-order valence-corrected chi connectivity index (χ2v) is 4.45. The van der Waals surface area contributed by atoms with Crippen LogP contribution in [0.5, 0.6) is 0 Å². The first-order valence-corrected chi connectivity index (χ1v) is 5.80. The first-order chi connectivity index (χ1) is 8.04. The summed E-state index contributed by atoms with van der Waals surface area (Å²) in [5, 5.41) is 9.14. The first-order valence-electron chi connectivity index (χ1n) is 5.37. The summed E-state index contributed by atoms with van der Waals surface area (Å²) in [6.07, 6.45) is 0.216. The number of aliphatic hydroxyl groups is 1. The molecule has 0 radical (unpaired) electrons. The Morgan fingerprint density at radius 3 is 2.94 bits per heavy atom. The Balaban J connectivity index is 2.32. The lowest BCUT2D eigenvalue weighted by atomic mass is 10.1. The van der Waals surface area contributed by atoms with E-state index >= 15 is 0 Å². The van der Waals surface area contributed by atoms with Gasteiger partial charge < -0.3 is 15.6 Å². The Morgan fingerprint density at radius 1 is 1.71 bits per heavy atom. The van der Waals surface area contributed by atoms with E-state index in [2.05, 4.69) is 4.98 Å². The molecule has 94 valence electrons. The Kier molecular flexibility index (Phi) is 3.37. The van der Waals surface area contributed by atoms with E-state index in [1.807, 2.05) is 6.92 Å². The molecule has 1 saturated heterocycles. The maximum absolute atomic E-state index is 11.6. The van der Waals surface area contributed by atoms with E-state index in [-0.39, 0.29) is 11.9 Å². The average molecular weight is 260 g/mol. The largest absolute Gasteiger partial charge is 0.389 e. The molecule has 1 aliphatic rings. The summed E-state index contributed by atoms with van der Waals surface area (Å²) in [4.78, 5) is 15.2. The molecular formula is C10H14ClN3O3. The van der Waals surface area contributed by atoms with Gasteiger partial charge in [0.15, 0.2) is 6.23 Å². The van der Waals surface area contributed by atoms with Gasteiger partial charge >= 0.3 is 5.69 Å². The van der Waals surface area contributed by atoms with Crippen LogP contribution in [0.3, 0.4) is 0 Å². The standard InChI is InChI=1S/C10H14ClN3O3/c1-2-5-8(15)7(11)9(17-5)14-4-3-6(12)13-10(14)16/h3-5,7-9,15H,2H2,1H3,(H2,12,13,16)/t5-,7+,8+,9-/m0/s1. The van der Waals surface area contributed by atoms with E-state index < -0.39 is 23.4 Å². The predicted molar refractivity (Wildman–Crippen MR) is 62.8 cm³/mol. The van der Waals surface area contributed by atoms with Crippen LogP contribution < -0.4 is 11.4 Å². The van der Waals surface area contributed by atoms with Crippen molar-refractivity contribution in [2.24, 2.45) is 0 Å². The zero-order valence-electron chi connectivity index (χ0n) is 9.28. The van der Waals surface area contributed by atoms with Crippen molar-refractivity contribution >= 4 is 17.4 Å². The summed E-state index contributed by atoms with van der Waals surface area (Å²) in [5.41, 5.74) is 4.86. The Morgan fingerprint density at radius 2 is 2.41 bits per heavy atom. The maximum Gasteiger partial charge on any atom is 0.351 e. The molecule has 17 heavy (non-hydrogen) atoms. The molecule has 7 heteroatoms. The molecule has 0 spiro atoms. The number of nitrogens with two attached hydrogens (primary N) is 1. The number of anilines is 1. The minimum Gasteiger partial charge on any atom is -0.389 e. The van der Waals surface area contributed by atoms with E-state index in [0.717, 1.165) is 0 Å². The van der Waals surface area contributed by atoms with Gasteiger partial charge in [-0.1, -0.05) is 6.92 Å². The molecule has 0 saturated carbocycles. The van der Waals surface area contributed by atoms with Crippen LogP contribution in [-0.2, 0) is 4.74 Å². The summed E-state index contributed by atoms with van der Waals surface area (Å²) in [7, 11) is 0. The molecule has 2 rings (SSSR count). The molecule has 1 aromatic heterocycles. The van der Waals surface area contributed by atoms with Gasteiger partial charge in [-0.3, -0.25) is 4.57 Å². The zero-order chi connectivity index (χ0) is 12.6. The van der Waals surface area contributed by atoms with Crippen molar-refractivity contribution < 1.29 is 9.84 Å². The smallest absolute Gasteiger partial charge is 0.351 e. The highest BCUT2D eigenvalue weighted by atomic mass is 35.5. The van der Waals surface area contributed by atoms with E-state index in [9.17, 15) is 9.90 Å². The second-order valence-electron chi connectivity index (χ2n) is 3.95. The molecule has 4 atom stereocenters. The lowest BCUT2D eigenvalue weighted by Gasteiger charge is -2.16. The highest BCUT2D eigenvalue weighted by Crippen LogP contribution is 2.33. The number of nitrogen functional groups attached to an aromatic ring is 1. The minimum absolute atomic E-state index is 0.142. The zero-order valence-corrected chi connectivity index (χ0v) is 10.0. The first kappa shape index (κ1) is 12.3. The second kappa shape index (κ2) is 4.64. The quantitative estimate of drug-likeness (QED) is 0.736. The predicted octanol–water partition coefficient (Wildman–Crippen LogP) is 0.101. The lowest BCUT2D eigenvalue weighted by Crippen LogP contribution is -2.32.